The third-order valence-corrected chi connectivity index (χ3v) is 5.28. The number of carbonyl (C=O) groups excluding carboxylic acids is 1. The van der Waals surface area contributed by atoms with E-state index in [1.165, 1.54) is 0 Å². The van der Waals surface area contributed by atoms with Crippen molar-refractivity contribution >= 4 is 11.6 Å². The Labute approximate surface area is 151 Å². The summed E-state index contributed by atoms with van der Waals surface area (Å²) < 4.78 is 5.43. The average Bonchev–Trinajstić information content (AvgIpc) is 2.60. The molecule has 2 rings (SSSR count). The quantitative estimate of drug-likeness (QED) is 0.772. The minimum atomic E-state index is -0.0607. The van der Waals surface area contributed by atoms with Crippen molar-refractivity contribution in [3.8, 4) is 0 Å². The van der Waals surface area contributed by atoms with Gasteiger partial charge in [0.25, 0.3) is 5.91 Å². The van der Waals surface area contributed by atoms with E-state index < -0.39 is 0 Å². The summed E-state index contributed by atoms with van der Waals surface area (Å²) in [4.78, 5) is 19.1. The molecule has 138 valence electrons. The number of nitrogens with one attached hydrogen (secondary N) is 1. The van der Waals surface area contributed by atoms with Crippen LogP contribution in [-0.4, -0.2) is 35.8 Å². The molecule has 25 heavy (non-hydrogen) atoms. The molecule has 0 radical (unpaired) electrons. The third-order valence-electron chi connectivity index (χ3n) is 5.28. The second-order valence-electron chi connectivity index (χ2n) is 7.07. The summed E-state index contributed by atoms with van der Waals surface area (Å²) in [5.74, 6) is 1.09. The van der Waals surface area contributed by atoms with Gasteiger partial charge in [-0.3, -0.25) is 4.79 Å². The maximum absolute atomic E-state index is 12.7. The van der Waals surface area contributed by atoms with Gasteiger partial charge in [0.2, 0.25) is 0 Å². The summed E-state index contributed by atoms with van der Waals surface area (Å²) in [7, 11) is 1.78. The summed E-state index contributed by atoms with van der Waals surface area (Å²) in [6.07, 6.45) is 8.37. The van der Waals surface area contributed by atoms with Crippen molar-refractivity contribution in [1.82, 2.24) is 10.2 Å². The molecule has 5 heteroatoms. The Morgan fingerprint density at radius 1 is 1.40 bits per heavy atom. The van der Waals surface area contributed by atoms with E-state index in [-0.39, 0.29) is 11.9 Å². The fourth-order valence-electron chi connectivity index (χ4n) is 3.65. The summed E-state index contributed by atoms with van der Waals surface area (Å²) >= 11 is 0. The van der Waals surface area contributed by atoms with E-state index in [1.54, 1.807) is 13.3 Å². The average molecular weight is 345 g/mol. The van der Waals surface area contributed by atoms with Crippen LogP contribution in [0.1, 0.15) is 53.4 Å². The molecule has 2 aliphatic rings. The lowest BCUT2D eigenvalue weighted by atomic mass is 9.83. The zero-order chi connectivity index (χ0) is 18.6. The molecule has 5 nitrogen and oxygen atoms in total. The number of hydrogen-bond acceptors (Lipinski definition) is 4. The van der Waals surface area contributed by atoms with Gasteiger partial charge in [-0.25, -0.2) is 4.99 Å². The van der Waals surface area contributed by atoms with E-state index in [2.05, 4.69) is 23.8 Å². The highest BCUT2D eigenvalue weighted by atomic mass is 16.5. The van der Waals surface area contributed by atoms with Gasteiger partial charge in [-0.1, -0.05) is 6.58 Å². The summed E-state index contributed by atoms with van der Waals surface area (Å²) in [5, 5.41) is 3.17. The number of hydrogen-bond donors (Lipinski definition) is 1. The fraction of sp³-hybridized carbons (Fsp3) is 0.600. The Bertz CT molecular complexity index is 610. The predicted octanol–water partition coefficient (Wildman–Crippen LogP) is 3.75. The Hall–Kier alpha value is -1.88. The molecule has 1 unspecified atom stereocenters. The van der Waals surface area contributed by atoms with Gasteiger partial charge in [-0.05, 0) is 65.4 Å². The van der Waals surface area contributed by atoms with E-state index >= 15 is 0 Å². The molecular formula is C20H31N3O2. The van der Waals surface area contributed by atoms with Crippen LogP contribution in [0.25, 0.3) is 0 Å². The first kappa shape index (κ1) is 19.4. The highest BCUT2D eigenvalue weighted by Gasteiger charge is 2.27. The van der Waals surface area contributed by atoms with Crippen molar-refractivity contribution in [2.24, 2.45) is 10.9 Å². The molecule has 0 bridgehead atoms. The molecular weight excluding hydrogens is 314 g/mol. The topological polar surface area (TPSA) is 53.9 Å². The van der Waals surface area contributed by atoms with Crippen molar-refractivity contribution in [3.63, 3.8) is 0 Å². The number of carbonyl (C=O) groups is 1. The number of methoxy groups -OCH3 is 1. The van der Waals surface area contributed by atoms with Crippen molar-refractivity contribution in [1.29, 1.82) is 0 Å². The van der Waals surface area contributed by atoms with Gasteiger partial charge in [-0.2, -0.15) is 0 Å². The molecule has 1 N–H and O–H groups in total. The monoisotopic (exact) mass is 345 g/mol. The summed E-state index contributed by atoms with van der Waals surface area (Å²) in [6.45, 7) is 11.7. The highest BCUT2D eigenvalue weighted by molar-refractivity contribution is 5.98. The first-order valence-corrected chi connectivity index (χ1v) is 9.07. The maximum atomic E-state index is 12.7. The normalized spacial score (nSPS) is 27.2. The van der Waals surface area contributed by atoms with Crippen molar-refractivity contribution in [3.05, 3.63) is 35.9 Å². The Morgan fingerprint density at radius 3 is 2.60 bits per heavy atom. The van der Waals surface area contributed by atoms with Crippen LogP contribution in [0.15, 0.2) is 40.9 Å². The summed E-state index contributed by atoms with van der Waals surface area (Å²) in [5.41, 5.74) is 2.52. The molecule has 1 saturated carbocycles. The van der Waals surface area contributed by atoms with Crippen LogP contribution in [0.3, 0.4) is 0 Å². The molecule has 0 aromatic rings. The first-order valence-electron chi connectivity index (χ1n) is 9.07. The van der Waals surface area contributed by atoms with Crippen molar-refractivity contribution in [2.75, 3.05) is 7.11 Å². The van der Waals surface area contributed by atoms with Gasteiger partial charge in [0.1, 0.15) is 5.82 Å². The van der Waals surface area contributed by atoms with Crippen LogP contribution in [0.2, 0.25) is 0 Å². The second-order valence-corrected chi connectivity index (χ2v) is 7.07. The minimum Gasteiger partial charge on any atom is -0.381 e. The number of allylic oxidation sites excluding steroid dienone is 2. The molecule has 1 aliphatic heterocycles. The Morgan fingerprint density at radius 2 is 2.04 bits per heavy atom. The molecule has 1 atom stereocenters. The van der Waals surface area contributed by atoms with Crippen LogP contribution in [0.4, 0.5) is 0 Å². The van der Waals surface area contributed by atoms with Crippen LogP contribution in [-0.2, 0) is 9.53 Å². The van der Waals surface area contributed by atoms with Crippen LogP contribution < -0.4 is 5.32 Å². The first-order chi connectivity index (χ1) is 11.9. The standard InChI is InChI=1S/C20H31N3O2/c1-7-23-14(3)12-13(2)21-19(23)15(4)20(24)22-16(5)17-8-10-18(25-6)11-9-17/h7,12,16-18H,1,8-11H2,2-6H3,(H,22,24)/b19-15+. The van der Waals surface area contributed by atoms with Gasteiger partial charge in [0.05, 0.1) is 11.7 Å². The number of nitrogens with zero attached hydrogens (tertiary/aromatic N) is 2. The van der Waals surface area contributed by atoms with Crippen LogP contribution in [0, 0.1) is 5.92 Å². The van der Waals surface area contributed by atoms with Gasteiger partial charge in [0, 0.05) is 30.8 Å². The predicted molar refractivity (Wildman–Crippen MR) is 102 cm³/mol. The Kier molecular flexibility index (Phi) is 6.59. The number of ether oxygens (including phenoxy) is 1. The highest BCUT2D eigenvalue weighted by Crippen LogP contribution is 2.29. The zero-order valence-electron chi connectivity index (χ0n) is 16.1. The maximum Gasteiger partial charge on any atom is 0.250 e. The molecule has 1 fully saturated rings. The lowest BCUT2D eigenvalue weighted by molar-refractivity contribution is -0.118. The van der Waals surface area contributed by atoms with Crippen LogP contribution >= 0.6 is 0 Å². The molecule has 0 spiro atoms. The molecule has 0 saturated heterocycles. The fourth-order valence-corrected chi connectivity index (χ4v) is 3.65. The number of aliphatic imine (C=N–C) groups is 1. The SMILES string of the molecule is C=CN1C(C)=CC(C)=N/C1=C(/C)C(=O)NC(C)C1CCC(OC)CC1. The Balaban J connectivity index is 2.06. The minimum absolute atomic E-state index is 0.0607. The van der Waals surface area contributed by atoms with Gasteiger partial charge >= 0.3 is 0 Å². The molecule has 1 amide bonds. The molecule has 0 aromatic carbocycles. The van der Waals surface area contributed by atoms with Crippen molar-refractivity contribution < 1.29 is 9.53 Å². The van der Waals surface area contributed by atoms with Gasteiger partial charge in [0.15, 0.2) is 0 Å². The molecule has 1 aliphatic carbocycles. The lowest BCUT2D eigenvalue weighted by Gasteiger charge is -2.32. The van der Waals surface area contributed by atoms with E-state index in [1.807, 2.05) is 31.7 Å². The van der Waals surface area contributed by atoms with E-state index in [0.29, 0.717) is 23.4 Å². The smallest absolute Gasteiger partial charge is 0.250 e. The largest absolute Gasteiger partial charge is 0.381 e. The van der Waals surface area contributed by atoms with E-state index in [9.17, 15) is 4.79 Å². The lowest BCUT2D eigenvalue weighted by Crippen LogP contribution is -2.41. The number of amides is 1. The van der Waals surface area contributed by atoms with Gasteiger partial charge in [-0.15, -0.1) is 0 Å². The van der Waals surface area contributed by atoms with Crippen molar-refractivity contribution in [2.45, 2.75) is 65.5 Å². The molecule has 0 aromatic heterocycles. The van der Waals surface area contributed by atoms with Crippen LogP contribution in [0.5, 0.6) is 0 Å². The zero-order valence-corrected chi connectivity index (χ0v) is 16.1. The van der Waals surface area contributed by atoms with E-state index in [0.717, 1.165) is 37.1 Å². The molecule has 1 heterocycles. The third kappa shape index (κ3) is 4.60. The summed E-state index contributed by atoms with van der Waals surface area (Å²) in [6, 6.07) is 0.142. The second kappa shape index (κ2) is 8.48. The van der Waals surface area contributed by atoms with E-state index in [4.69, 9.17) is 4.74 Å². The van der Waals surface area contributed by atoms with Gasteiger partial charge < -0.3 is 15.0 Å². The number of rotatable bonds is 5.